The lowest BCUT2D eigenvalue weighted by atomic mass is 10.1. The molecule has 1 N–H and O–H groups in total. The number of fused-ring (bicyclic) bond motifs is 1. The summed E-state index contributed by atoms with van der Waals surface area (Å²) < 4.78 is 1.69. The van der Waals surface area contributed by atoms with Gasteiger partial charge in [-0.2, -0.15) is 5.10 Å². The molecular formula is C22H25N5O2. The minimum atomic E-state index is -0.195. The van der Waals surface area contributed by atoms with Gasteiger partial charge >= 0.3 is 0 Å². The average Bonchev–Trinajstić information content (AvgIpc) is 3.09. The van der Waals surface area contributed by atoms with Gasteiger partial charge < -0.3 is 10.2 Å². The molecule has 0 aliphatic carbocycles. The summed E-state index contributed by atoms with van der Waals surface area (Å²) in [4.78, 5) is 31.0. The largest absolute Gasteiger partial charge is 0.352 e. The van der Waals surface area contributed by atoms with Crippen LogP contribution in [0.25, 0.3) is 16.9 Å². The summed E-state index contributed by atoms with van der Waals surface area (Å²) in [6.45, 7) is 2.02. The predicted octanol–water partition coefficient (Wildman–Crippen LogP) is 2.92. The molecule has 2 amide bonds. The van der Waals surface area contributed by atoms with Crippen molar-refractivity contribution in [2.24, 2.45) is 0 Å². The quantitative estimate of drug-likeness (QED) is 0.655. The molecule has 1 saturated heterocycles. The van der Waals surface area contributed by atoms with Crippen LogP contribution in [0.1, 0.15) is 42.5 Å². The van der Waals surface area contributed by atoms with Gasteiger partial charge in [-0.25, -0.2) is 9.50 Å². The molecule has 1 fully saturated rings. The predicted molar refractivity (Wildman–Crippen MR) is 110 cm³/mol. The van der Waals surface area contributed by atoms with Crippen molar-refractivity contribution in [1.82, 2.24) is 24.8 Å². The van der Waals surface area contributed by atoms with E-state index in [0.29, 0.717) is 30.7 Å². The van der Waals surface area contributed by atoms with Crippen LogP contribution in [-0.2, 0) is 4.79 Å². The Morgan fingerprint density at radius 1 is 1.10 bits per heavy atom. The first-order valence-corrected chi connectivity index (χ1v) is 10.2. The van der Waals surface area contributed by atoms with Gasteiger partial charge in [-0.05, 0) is 25.3 Å². The monoisotopic (exact) mass is 391 g/mol. The second kappa shape index (κ2) is 8.86. The number of nitrogens with one attached hydrogen (secondary N) is 1. The van der Waals surface area contributed by atoms with Crippen molar-refractivity contribution in [2.45, 2.75) is 32.1 Å². The molecule has 0 radical (unpaired) electrons. The summed E-state index contributed by atoms with van der Waals surface area (Å²) in [6, 6.07) is 11.8. The van der Waals surface area contributed by atoms with E-state index in [-0.39, 0.29) is 11.8 Å². The Bertz CT molecular complexity index is 999. The first kappa shape index (κ1) is 19.1. The number of nitrogens with zero attached hydrogens (tertiary/aromatic N) is 4. The zero-order chi connectivity index (χ0) is 20.1. The van der Waals surface area contributed by atoms with Crippen molar-refractivity contribution in [3.05, 3.63) is 54.4 Å². The highest BCUT2D eigenvalue weighted by Gasteiger charge is 2.18. The Balaban J connectivity index is 1.40. The van der Waals surface area contributed by atoms with Crippen molar-refractivity contribution in [3.63, 3.8) is 0 Å². The number of hydrogen-bond donors (Lipinski definition) is 1. The Kier molecular flexibility index (Phi) is 5.84. The maximum Gasteiger partial charge on any atom is 0.256 e. The third-order valence-corrected chi connectivity index (χ3v) is 5.28. The van der Waals surface area contributed by atoms with E-state index in [4.69, 9.17) is 0 Å². The van der Waals surface area contributed by atoms with Gasteiger partial charge in [0.05, 0.1) is 11.9 Å². The van der Waals surface area contributed by atoms with Crippen molar-refractivity contribution in [3.8, 4) is 11.3 Å². The molecule has 7 nitrogen and oxygen atoms in total. The zero-order valence-electron chi connectivity index (χ0n) is 16.4. The number of amides is 2. The molecule has 29 heavy (non-hydrogen) atoms. The number of aromatic nitrogens is 3. The molecule has 0 spiro atoms. The van der Waals surface area contributed by atoms with Crippen molar-refractivity contribution < 1.29 is 9.59 Å². The van der Waals surface area contributed by atoms with Crippen LogP contribution in [0.3, 0.4) is 0 Å². The Morgan fingerprint density at radius 3 is 2.83 bits per heavy atom. The van der Waals surface area contributed by atoms with Crippen LogP contribution in [0.15, 0.2) is 48.8 Å². The van der Waals surface area contributed by atoms with Gasteiger partial charge in [0, 0.05) is 37.8 Å². The normalized spacial score (nSPS) is 14.8. The molecule has 0 saturated carbocycles. The van der Waals surface area contributed by atoms with E-state index in [2.05, 4.69) is 15.4 Å². The molecule has 0 atom stereocenters. The number of rotatable bonds is 6. The summed E-state index contributed by atoms with van der Waals surface area (Å²) in [5.41, 5.74) is 2.88. The maximum absolute atomic E-state index is 12.7. The summed E-state index contributed by atoms with van der Waals surface area (Å²) >= 11 is 0. The number of carbonyl (C=O) groups excluding carboxylic acids is 2. The zero-order valence-corrected chi connectivity index (χ0v) is 16.4. The summed E-state index contributed by atoms with van der Waals surface area (Å²) in [5, 5.41) is 7.31. The van der Waals surface area contributed by atoms with E-state index < -0.39 is 0 Å². The fraction of sp³-hybridized carbons (Fsp3) is 0.364. The van der Waals surface area contributed by atoms with E-state index in [1.54, 1.807) is 16.9 Å². The van der Waals surface area contributed by atoms with Crippen molar-refractivity contribution in [1.29, 1.82) is 0 Å². The van der Waals surface area contributed by atoms with Gasteiger partial charge in [-0.1, -0.05) is 36.8 Å². The Labute approximate surface area is 169 Å². The fourth-order valence-electron chi connectivity index (χ4n) is 3.72. The molecule has 0 unspecified atom stereocenters. The average molecular weight is 391 g/mol. The van der Waals surface area contributed by atoms with Gasteiger partial charge in [0.1, 0.15) is 5.56 Å². The van der Waals surface area contributed by atoms with Crippen LogP contribution in [0.2, 0.25) is 0 Å². The lowest BCUT2D eigenvalue weighted by Crippen LogP contribution is -2.34. The Morgan fingerprint density at radius 2 is 1.97 bits per heavy atom. The van der Waals surface area contributed by atoms with Crippen LogP contribution < -0.4 is 5.32 Å². The molecule has 3 aromatic rings. The van der Waals surface area contributed by atoms with Gasteiger partial charge in [0.25, 0.3) is 5.91 Å². The molecule has 3 heterocycles. The van der Waals surface area contributed by atoms with E-state index in [1.165, 1.54) is 0 Å². The lowest BCUT2D eigenvalue weighted by Gasteiger charge is -2.20. The Hall–Kier alpha value is -3.22. The van der Waals surface area contributed by atoms with E-state index in [1.807, 2.05) is 41.3 Å². The summed E-state index contributed by atoms with van der Waals surface area (Å²) in [6.07, 6.45) is 7.80. The summed E-state index contributed by atoms with van der Waals surface area (Å²) in [7, 11) is 0. The molecule has 1 aliphatic heterocycles. The standard InChI is InChI=1S/C22H25N5O2/c28-20-10-5-2-6-14-26(20)15-7-12-24-22(29)18-16-25-27-19(11-13-23-21(18)27)17-8-3-1-4-9-17/h1,3-4,8-9,11,13,16H,2,5-7,10,12,14-15H2,(H,24,29). The van der Waals surface area contributed by atoms with Crippen molar-refractivity contribution in [2.75, 3.05) is 19.6 Å². The molecule has 2 aromatic heterocycles. The number of likely N-dealkylation sites (tertiary alicyclic amines) is 1. The van der Waals surface area contributed by atoms with E-state index in [0.717, 1.165) is 43.5 Å². The van der Waals surface area contributed by atoms with Crippen LogP contribution in [-0.4, -0.2) is 50.9 Å². The maximum atomic E-state index is 12.7. The van der Waals surface area contributed by atoms with E-state index >= 15 is 0 Å². The highest BCUT2D eigenvalue weighted by atomic mass is 16.2. The molecular weight excluding hydrogens is 366 g/mol. The number of benzene rings is 1. The second-order valence-corrected chi connectivity index (χ2v) is 7.29. The fourth-order valence-corrected chi connectivity index (χ4v) is 3.72. The minimum Gasteiger partial charge on any atom is -0.352 e. The van der Waals surface area contributed by atoms with Crippen LogP contribution >= 0.6 is 0 Å². The van der Waals surface area contributed by atoms with Crippen LogP contribution in [0.5, 0.6) is 0 Å². The molecule has 150 valence electrons. The molecule has 4 rings (SSSR count). The first-order chi connectivity index (χ1) is 14.2. The molecule has 7 heteroatoms. The minimum absolute atomic E-state index is 0.195. The third kappa shape index (κ3) is 4.29. The molecule has 1 aliphatic rings. The second-order valence-electron chi connectivity index (χ2n) is 7.29. The van der Waals surface area contributed by atoms with Crippen LogP contribution in [0.4, 0.5) is 0 Å². The van der Waals surface area contributed by atoms with Gasteiger partial charge in [0.2, 0.25) is 5.91 Å². The summed E-state index contributed by atoms with van der Waals surface area (Å²) in [5.74, 6) is 0.0361. The van der Waals surface area contributed by atoms with E-state index in [9.17, 15) is 9.59 Å². The lowest BCUT2D eigenvalue weighted by molar-refractivity contribution is -0.130. The first-order valence-electron chi connectivity index (χ1n) is 10.2. The third-order valence-electron chi connectivity index (χ3n) is 5.28. The van der Waals surface area contributed by atoms with Crippen LogP contribution in [0, 0.1) is 0 Å². The van der Waals surface area contributed by atoms with Crippen molar-refractivity contribution >= 4 is 17.5 Å². The number of carbonyl (C=O) groups is 2. The van der Waals surface area contributed by atoms with Gasteiger partial charge in [0.15, 0.2) is 5.65 Å². The molecule has 0 bridgehead atoms. The van der Waals surface area contributed by atoms with Gasteiger partial charge in [-0.3, -0.25) is 9.59 Å². The van der Waals surface area contributed by atoms with Gasteiger partial charge in [-0.15, -0.1) is 0 Å². The highest BCUT2D eigenvalue weighted by molar-refractivity contribution is 5.99. The topological polar surface area (TPSA) is 79.6 Å². The smallest absolute Gasteiger partial charge is 0.256 e. The highest BCUT2D eigenvalue weighted by Crippen LogP contribution is 2.20. The molecule has 1 aromatic carbocycles. The number of hydrogen-bond acceptors (Lipinski definition) is 4. The SMILES string of the molecule is O=C(NCCCN1CCCCCC1=O)c1cnn2c(-c3ccccc3)ccnc12.